The maximum Gasteiger partial charge on any atom is 0.271 e. The number of piperidine rings is 1. The predicted octanol–water partition coefficient (Wildman–Crippen LogP) is 3.63. The Labute approximate surface area is 185 Å². The van der Waals surface area contributed by atoms with Crippen LogP contribution in [0.5, 0.6) is 5.75 Å². The molecule has 0 unspecified atom stereocenters. The second-order valence-corrected chi connectivity index (χ2v) is 7.60. The molecule has 0 bridgehead atoms. The van der Waals surface area contributed by atoms with Crippen LogP contribution in [-0.4, -0.2) is 35.4 Å². The van der Waals surface area contributed by atoms with Gasteiger partial charge >= 0.3 is 0 Å². The molecule has 7 nitrogen and oxygen atoms in total. The van der Waals surface area contributed by atoms with E-state index in [2.05, 4.69) is 15.3 Å². The number of carbonyl (C=O) groups is 1. The molecule has 1 aromatic heterocycles. The smallest absolute Gasteiger partial charge is 0.271 e. The molecule has 8 heteroatoms. The summed E-state index contributed by atoms with van der Waals surface area (Å²) in [6.45, 7) is 3.71. The van der Waals surface area contributed by atoms with Crippen molar-refractivity contribution in [2.75, 3.05) is 29.9 Å². The Kier molecular flexibility index (Phi) is 6.49. The van der Waals surface area contributed by atoms with Crippen molar-refractivity contribution in [3.8, 4) is 11.4 Å². The highest BCUT2D eigenvalue weighted by Gasteiger charge is 2.26. The summed E-state index contributed by atoms with van der Waals surface area (Å²) >= 11 is 0. The zero-order chi connectivity index (χ0) is 22.5. The van der Waals surface area contributed by atoms with Crippen molar-refractivity contribution in [1.29, 1.82) is 0 Å². The lowest BCUT2D eigenvalue weighted by atomic mass is 9.95. The fraction of sp³-hybridized carbons (Fsp3) is 0.292. The van der Waals surface area contributed by atoms with E-state index in [-0.39, 0.29) is 23.2 Å². The van der Waals surface area contributed by atoms with Gasteiger partial charge in [0, 0.05) is 25.1 Å². The van der Waals surface area contributed by atoms with Crippen molar-refractivity contribution in [3.63, 3.8) is 0 Å². The van der Waals surface area contributed by atoms with E-state index in [1.54, 1.807) is 6.07 Å². The number of rotatable bonds is 6. The van der Waals surface area contributed by atoms with Crippen molar-refractivity contribution >= 4 is 17.4 Å². The van der Waals surface area contributed by atoms with Crippen molar-refractivity contribution < 1.29 is 13.9 Å². The molecule has 0 aliphatic carbocycles. The van der Waals surface area contributed by atoms with E-state index in [1.165, 1.54) is 35.0 Å². The third kappa shape index (κ3) is 4.80. The number of benzene rings is 2. The molecular weight excluding hydrogens is 411 g/mol. The molecule has 0 saturated carbocycles. The van der Waals surface area contributed by atoms with E-state index in [0.717, 1.165) is 0 Å². The summed E-state index contributed by atoms with van der Waals surface area (Å²) in [5, 5.41) is 7.44. The molecule has 3 aromatic rings. The number of halogens is 1. The van der Waals surface area contributed by atoms with E-state index < -0.39 is 0 Å². The number of anilines is 2. The van der Waals surface area contributed by atoms with Crippen LogP contribution < -0.4 is 20.5 Å². The van der Waals surface area contributed by atoms with Gasteiger partial charge in [0.1, 0.15) is 17.4 Å². The first-order valence-electron chi connectivity index (χ1n) is 10.7. The minimum absolute atomic E-state index is 0.0268. The molecule has 32 heavy (non-hydrogen) atoms. The molecule has 0 spiro atoms. The fourth-order valence-electron chi connectivity index (χ4n) is 3.79. The van der Waals surface area contributed by atoms with Gasteiger partial charge in [0.2, 0.25) is 5.91 Å². The van der Waals surface area contributed by atoms with E-state index in [4.69, 9.17) is 4.74 Å². The van der Waals surface area contributed by atoms with Crippen LogP contribution >= 0.6 is 0 Å². The lowest BCUT2D eigenvalue weighted by Gasteiger charge is -2.32. The van der Waals surface area contributed by atoms with Crippen molar-refractivity contribution in [3.05, 3.63) is 76.8 Å². The van der Waals surface area contributed by atoms with Crippen LogP contribution in [0.25, 0.3) is 5.69 Å². The van der Waals surface area contributed by atoms with Crippen LogP contribution in [0.3, 0.4) is 0 Å². The molecule has 2 aromatic carbocycles. The number of hydrogen-bond acceptors (Lipinski definition) is 5. The standard InChI is InChI=1S/C24H25FN4O3/c1-2-32-21-6-4-3-5-20(21)26-24(31)17-13-15-28(16-14-17)22-11-12-23(30)29(27-22)19-9-7-18(25)8-10-19/h3-12,17H,2,13-16H2,1H3,(H,26,31). The molecule has 4 rings (SSSR count). The van der Waals surface area contributed by atoms with Crippen molar-refractivity contribution in [1.82, 2.24) is 9.78 Å². The third-order valence-corrected chi connectivity index (χ3v) is 5.49. The Morgan fingerprint density at radius 1 is 1.09 bits per heavy atom. The first-order valence-corrected chi connectivity index (χ1v) is 10.7. The molecule has 0 atom stereocenters. The van der Waals surface area contributed by atoms with Gasteiger partial charge in [0.25, 0.3) is 5.56 Å². The zero-order valence-electron chi connectivity index (χ0n) is 17.8. The largest absolute Gasteiger partial charge is 0.492 e. The molecule has 1 N–H and O–H groups in total. The predicted molar refractivity (Wildman–Crippen MR) is 121 cm³/mol. The van der Waals surface area contributed by atoms with Crippen LogP contribution in [0.2, 0.25) is 0 Å². The maximum atomic E-state index is 13.2. The summed E-state index contributed by atoms with van der Waals surface area (Å²) in [6, 6.07) is 16.2. The van der Waals surface area contributed by atoms with Gasteiger partial charge in [-0.15, -0.1) is 5.10 Å². The number of nitrogens with zero attached hydrogens (tertiary/aromatic N) is 3. The van der Waals surface area contributed by atoms with E-state index in [0.29, 0.717) is 55.5 Å². The van der Waals surface area contributed by atoms with Crippen molar-refractivity contribution in [2.45, 2.75) is 19.8 Å². The minimum Gasteiger partial charge on any atom is -0.492 e. The summed E-state index contributed by atoms with van der Waals surface area (Å²) in [5.41, 5.74) is 0.887. The van der Waals surface area contributed by atoms with Gasteiger partial charge in [-0.05, 0) is 62.2 Å². The van der Waals surface area contributed by atoms with Gasteiger partial charge in [0.05, 0.1) is 18.0 Å². The lowest BCUT2D eigenvalue weighted by molar-refractivity contribution is -0.120. The Morgan fingerprint density at radius 3 is 2.53 bits per heavy atom. The molecule has 1 amide bonds. The highest BCUT2D eigenvalue weighted by molar-refractivity contribution is 5.94. The number of carbonyl (C=O) groups excluding carboxylic acids is 1. The summed E-state index contributed by atoms with van der Waals surface area (Å²) in [4.78, 5) is 27.1. The highest BCUT2D eigenvalue weighted by atomic mass is 19.1. The normalized spacial score (nSPS) is 14.2. The maximum absolute atomic E-state index is 13.2. The molecule has 1 aliphatic rings. The Morgan fingerprint density at radius 2 is 1.81 bits per heavy atom. The number of para-hydroxylation sites is 2. The average Bonchev–Trinajstić information content (AvgIpc) is 2.82. The first kappa shape index (κ1) is 21.5. The van der Waals surface area contributed by atoms with E-state index in [9.17, 15) is 14.0 Å². The van der Waals surface area contributed by atoms with Gasteiger partial charge in [-0.1, -0.05) is 12.1 Å². The SMILES string of the molecule is CCOc1ccccc1NC(=O)C1CCN(c2ccc(=O)n(-c3ccc(F)cc3)n2)CC1. The second-order valence-electron chi connectivity index (χ2n) is 7.60. The number of nitrogens with one attached hydrogen (secondary N) is 1. The van der Waals surface area contributed by atoms with Crippen LogP contribution in [0.4, 0.5) is 15.9 Å². The molecule has 166 valence electrons. The van der Waals surface area contributed by atoms with Gasteiger partial charge in [-0.2, -0.15) is 4.68 Å². The van der Waals surface area contributed by atoms with Crippen LogP contribution in [0.1, 0.15) is 19.8 Å². The third-order valence-electron chi connectivity index (χ3n) is 5.49. The van der Waals surface area contributed by atoms with Crippen molar-refractivity contribution in [2.24, 2.45) is 5.92 Å². The van der Waals surface area contributed by atoms with Gasteiger partial charge < -0.3 is 15.0 Å². The highest BCUT2D eigenvalue weighted by Crippen LogP contribution is 2.27. The number of ether oxygens (including phenoxy) is 1. The van der Waals surface area contributed by atoms with Crippen LogP contribution in [0.15, 0.2) is 65.5 Å². The van der Waals surface area contributed by atoms with Gasteiger partial charge in [0.15, 0.2) is 0 Å². The lowest BCUT2D eigenvalue weighted by Crippen LogP contribution is -2.39. The zero-order valence-corrected chi connectivity index (χ0v) is 17.8. The molecule has 2 heterocycles. The van der Waals surface area contributed by atoms with Gasteiger partial charge in [-0.3, -0.25) is 9.59 Å². The molecule has 0 radical (unpaired) electrons. The van der Waals surface area contributed by atoms with Gasteiger partial charge in [-0.25, -0.2) is 4.39 Å². The van der Waals surface area contributed by atoms with E-state index in [1.807, 2.05) is 31.2 Å². The second kappa shape index (κ2) is 9.64. The first-order chi connectivity index (χ1) is 15.5. The molecule has 1 fully saturated rings. The monoisotopic (exact) mass is 436 g/mol. The minimum atomic E-state index is -0.373. The quantitative estimate of drug-likeness (QED) is 0.639. The molecule has 1 aliphatic heterocycles. The number of hydrogen-bond donors (Lipinski definition) is 1. The molecule has 1 saturated heterocycles. The summed E-state index contributed by atoms with van der Waals surface area (Å²) in [6.07, 6.45) is 1.33. The number of aromatic nitrogens is 2. The fourth-order valence-corrected chi connectivity index (χ4v) is 3.79. The summed E-state index contributed by atoms with van der Waals surface area (Å²) in [5.74, 6) is 0.787. The Bertz CT molecular complexity index is 1140. The Balaban J connectivity index is 1.42. The topological polar surface area (TPSA) is 76.5 Å². The number of amides is 1. The average molecular weight is 436 g/mol. The summed E-state index contributed by atoms with van der Waals surface area (Å²) in [7, 11) is 0. The van der Waals surface area contributed by atoms with E-state index >= 15 is 0 Å². The summed E-state index contributed by atoms with van der Waals surface area (Å²) < 4.78 is 20.1. The van der Waals surface area contributed by atoms with Crippen LogP contribution in [-0.2, 0) is 4.79 Å². The van der Waals surface area contributed by atoms with Crippen LogP contribution in [0, 0.1) is 11.7 Å². The molecular formula is C24H25FN4O3. The Hall–Kier alpha value is -3.68.